The summed E-state index contributed by atoms with van der Waals surface area (Å²) in [5, 5.41) is 17.7. The number of ketones is 1. The highest BCUT2D eigenvalue weighted by molar-refractivity contribution is 5.89. The van der Waals surface area contributed by atoms with Gasteiger partial charge in [0, 0.05) is 18.6 Å². The highest BCUT2D eigenvalue weighted by Gasteiger charge is 2.26. The number of hydrogen-bond acceptors (Lipinski definition) is 6. The molecule has 44 heavy (non-hydrogen) atoms. The number of aliphatic carboxylic acids is 1. The Morgan fingerprint density at radius 1 is 0.818 bits per heavy atom. The summed E-state index contributed by atoms with van der Waals surface area (Å²) in [5.74, 6) is 0.374. The Hall–Kier alpha value is -3.39. The molecule has 2 aromatic carbocycles. The topological polar surface area (TPSA) is 119 Å². The first-order valence-electron chi connectivity index (χ1n) is 16.3. The van der Waals surface area contributed by atoms with Gasteiger partial charge in [-0.1, -0.05) is 38.3 Å². The first kappa shape index (κ1) is 35.1. The van der Waals surface area contributed by atoms with Crippen molar-refractivity contribution in [2.75, 3.05) is 19.8 Å². The van der Waals surface area contributed by atoms with Crippen molar-refractivity contribution in [3.63, 3.8) is 0 Å². The standard InChI is InChI=1S/C29H38O6.C7H12O2/c1-22(30)20-25-21-24(29(31)32)13-16-28(25)35-19-7-8-23-11-14-27(15-12-23)34-18-6-5-17-33-26-9-3-2-4-10-26;1-5-2-3-6(4-5)7(8)9/h11-16,21,26H,2-10,17-20H2,1H3,(H,31,32);5-6H,2-4H2,1H3,(H,8,9). The molecule has 2 fully saturated rings. The van der Waals surface area contributed by atoms with Gasteiger partial charge in [-0.2, -0.15) is 0 Å². The van der Waals surface area contributed by atoms with Crippen LogP contribution in [0.2, 0.25) is 0 Å². The van der Waals surface area contributed by atoms with E-state index in [0.717, 1.165) is 57.3 Å². The van der Waals surface area contributed by atoms with E-state index in [2.05, 4.69) is 19.1 Å². The maximum absolute atomic E-state index is 11.5. The predicted octanol–water partition coefficient (Wildman–Crippen LogP) is 7.54. The summed E-state index contributed by atoms with van der Waals surface area (Å²) in [4.78, 5) is 33.1. The number of carbonyl (C=O) groups is 3. The monoisotopic (exact) mass is 610 g/mol. The largest absolute Gasteiger partial charge is 0.494 e. The average molecular weight is 611 g/mol. The van der Waals surface area contributed by atoms with E-state index in [1.807, 2.05) is 12.1 Å². The number of ether oxygens (including phenoxy) is 3. The molecule has 242 valence electrons. The van der Waals surface area contributed by atoms with Crippen molar-refractivity contribution in [3.05, 3.63) is 59.2 Å². The zero-order chi connectivity index (χ0) is 31.7. The fraction of sp³-hybridized carbons (Fsp3) is 0.583. The number of hydrogen-bond donors (Lipinski definition) is 2. The maximum Gasteiger partial charge on any atom is 0.335 e. The molecule has 0 saturated heterocycles. The molecule has 0 radical (unpaired) electrons. The molecule has 0 heterocycles. The Kier molecular flexibility index (Phi) is 15.2. The molecule has 0 spiro atoms. The number of benzene rings is 2. The quantitative estimate of drug-likeness (QED) is 0.187. The van der Waals surface area contributed by atoms with Gasteiger partial charge in [0.05, 0.1) is 30.8 Å². The second kappa shape index (κ2) is 19.1. The van der Waals surface area contributed by atoms with Gasteiger partial charge >= 0.3 is 11.9 Å². The molecular weight excluding hydrogens is 560 g/mol. The first-order chi connectivity index (χ1) is 21.2. The summed E-state index contributed by atoms with van der Waals surface area (Å²) >= 11 is 0. The average Bonchev–Trinajstić information content (AvgIpc) is 3.45. The van der Waals surface area contributed by atoms with Crippen molar-refractivity contribution in [1.82, 2.24) is 0 Å². The number of aromatic carboxylic acids is 1. The molecule has 0 amide bonds. The molecule has 2 aliphatic rings. The van der Waals surface area contributed by atoms with Gasteiger partial charge in [0.25, 0.3) is 0 Å². The Morgan fingerprint density at radius 2 is 1.52 bits per heavy atom. The van der Waals surface area contributed by atoms with Crippen LogP contribution in [0.4, 0.5) is 0 Å². The van der Waals surface area contributed by atoms with Crippen molar-refractivity contribution in [1.29, 1.82) is 0 Å². The second-order valence-electron chi connectivity index (χ2n) is 12.2. The van der Waals surface area contributed by atoms with Gasteiger partial charge in [-0.05, 0) is 107 Å². The number of carbonyl (C=O) groups excluding carboxylic acids is 1. The van der Waals surface area contributed by atoms with Gasteiger partial charge in [-0.25, -0.2) is 4.79 Å². The first-order valence-corrected chi connectivity index (χ1v) is 16.3. The summed E-state index contributed by atoms with van der Waals surface area (Å²) in [7, 11) is 0. The molecule has 8 heteroatoms. The Bertz CT molecular complexity index is 1170. The van der Waals surface area contributed by atoms with E-state index in [1.54, 1.807) is 6.07 Å². The van der Waals surface area contributed by atoms with Crippen LogP contribution in [0.5, 0.6) is 11.5 Å². The number of rotatable bonds is 16. The molecule has 0 aliphatic heterocycles. The minimum atomic E-state index is -1.02. The summed E-state index contributed by atoms with van der Waals surface area (Å²) < 4.78 is 17.7. The smallest absolute Gasteiger partial charge is 0.335 e. The lowest BCUT2D eigenvalue weighted by Gasteiger charge is -2.21. The molecule has 0 bridgehead atoms. The molecule has 8 nitrogen and oxygen atoms in total. The fourth-order valence-corrected chi connectivity index (χ4v) is 5.78. The SMILES string of the molecule is CC(=O)Cc1cc(C(=O)O)ccc1OCCCc1ccc(OCCCCOC2CCCCC2)cc1.CC1CCC(C(=O)O)C1. The van der Waals surface area contributed by atoms with Crippen LogP contribution in [0.15, 0.2) is 42.5 Å². The molecule has 2 aliphatic carbocycles. The molecule has 2 saturated carbocycles. The lowest BCUT2D eigenvalue weighted by molar-refractivity contribution is -0.141. The predicted molar refractivity (Wildman–Crippen MR) is 170 cm³/mol. The molecule has 2 unspecified atom stereocenters. The number of carboxylic acid groups (broad SMARTS) is 2. The van der Waals surface area contributed by atoms with Gasteiger partial charge in [-0.15, -0.1) is 0 Å². The van der Waals surface area contributed by atoms with E-state index in [0.29, 0.717) is 36.5 Å². The maximum atomic E-state index is 11.5. The van der Waals surface area contributed by atoms with E-state index in [4.69, 9.17) is 19.3 Å². The second-order valence-corrected chi connectivity index (χ2v) is 12.2. The van der Waals surface area contributed by atoms with Gasteiger partial charge in [-0.3, -0.25) is 9.59 Å². The lowest BCUT2D eigenvalue weighted by Crippen LogP contribution is -2.17. The third-order valence-corrected chi connectivity index (χ3v) is 8.29. The van der Waals surface area contributed by atoms with Gasteiger partial charge in [0.1, 0.15) is 17.3 Å². The van der Waals surface area contributed by atoms with Crippen LogP contribution >= 0.6 is 0 Å². The summed E-state index contributed by atoms with van der Waals surface area (Å²) in [5.41, 5.74) is 1.97. The van der Waals surface area contributed by atoms with Crippen LogP contribution < -0.4 is 9.47 Å². The van der Waals surface area contributed by atoms with Crippen molar-refractivity contribution < 1.29 is 38.8 Å². The highest BCUT2D eigenvalue weighted by atomic mass is 16.5. The highest BCUT2D eigenvalue weighted by Crippen LogP contribution is 2.30. The van der Waals surface area contributed by atoms with E-state index < -0.39 is 11.9 Å². The van der Waals surface area contributed by atoms with Gasteiger partial charge in [0.2, 0.25) is 0 Å². The minimum absolute atomic E-state index is 0.0347. The van der Waals surface area contributed by atoms with Crippen molar-refractivity contribution in [2.24, 2.45) is 11.8 Å². The third kappa shape index (κ3) is 13.1. The molecule has 0 aromatic heterocycles. The molecular formula is C36H50O8. The van der Waals surface area contributed by atoms with E-state index in [9.17, 15) is 19.5 Å². The van der Waals surface area contributed by atoms with Crippen LogP contribution in [0, 0.1) is 11.8 Å². The van der Waals surface area contributed by atoms with Crippen molar-refractivity contribution in [3.8, 4) is 11.5 Å². The fourth-order valence-electron chi connectivity index (χ4n) is 5.78. The van der Waals surface area contributed by atoms with Crippen LogP contribution in [-0.4, -0.2) is 53.9 Å². The van der Waals surface area contributed by atoms with E-state index in [1.165, 1.54) is 56.7 Å². The van der Waals surface area contributed by atoms with E-state index in [-0.39, 0.29) is 23.7 Å². The third-order valence-electron chi connectivity index (χ3n) is 8.29. The zero-order valence-electron chi connectivity index (χ0n) is 26.4. The zero-order valence-corrected chi connectivity index (χ0v) is 26.4. The number of Topliss-reactive ketones (excluding diaryl/α,β-unsaturated/α-hetero) is 1. The minimum Gasteiger partial charge on any atom is -0.494 e. The number of carboxylic acids is 2. The normalized spacial score (nSPS) is 18.2. The summed E-state index contributed by atoms with van der Waals surface area (Å²) in [6.07, 6.45) is 13.6. The Morgan fingerprint density at radius 3 is 2.14 bits per heavy atom. The summed E-state index contributed by atoms with van der Waals surface area (Å²) in [6, 6.07) is 12.8. The molecule has 2 atom stereocenters. The molecule has 2 aromatic rings. The lowest BCUT2D eigenvalue weighted by atomic mass is 9.98. The van der Waals surface area contributed by atoms with Crippen LogP contribution in [0.25, 0.3) is 0 Å². The van der Waals surface area contributed by atoms with Crippen LogP contribution in [0.1, 0.15) is 106 Å². The Labute approximate surface area is 262 Å². The molecule has 4 rings (SSSR count). The van der Waals surface area contributed by atoms with Gasteiger partial charge in [0.15, 0.2) is 0 Å². The van der Waals surface area contributed by atoms with Crippen molar-refractivity contribution >= 4 is 17.7 Å². The van der Waals surface area contributed by atoms with E-state index >= 15 is 0 Å². The Balaban J connectivity index is 0.000000502. The number of unbranched alkanes of at least 4 members (excludes halogenated alkanes) is 1. The number of aryl methyl sites for hydroxylation is 1. The summed E-state index contributed by atoms with van der Waals surface area (Å²) in [6.45, 7) is 5.61. The van der Waals surface area contributed by atoms with Crippen LogP contribution in [-0.2, 0) is 27.2 Å². The van der Waals surface area contributed by atoms with Crippen molar-refractivity contribution in [2.45, 2.75) is 103 Å². The van der Waals surface area contributed by atoms with Crippen LogP contribution in [0.3, 0.4) is 0 Å². The van der Waals surface area contributed by atoms with Gasteiger partial charge < -0.3 is 24.4 Å². The molecule has 2 N–H and O–H groups in total.